The molecule has 0 fully saturated rings. The Bertz CT molecular complexity index is 410. The van der Waals surface area contributed by atoms with Crippen LogP contribution in [0.25, 0.3) is 0 Å². The molecule has 1 rings (SSSR count). The minimum absolute atomic E-state index is 0.443. The number of anilines is 1. The molecular formula is C13H20N2OS2. The van der Waals surface area contributed by atoms with Crippen molar-refractivity contribution in [2.24, 2.45) is 5.73 Å². The van der Waals surface area contributed by atoms with Crippen LogP contribution in [0.5, 0.6) is 0 Å². The van der Waals surface area contributed by atoms with Crippen molar-refractivity contribution in [3.05, 3.63) is 23.8 Å². The fraction of sp³-hybridized carbons (Fsp3) is 0.462. The van der Waals surface area contributed by atoms with E-state index in [0.29, 0.717) is 11.6 Å². The van der Waals surface area contributed by atoms with Gasteiger partial charge in [0.25, 0.3) is 0 Å². The Morgan fingerprint density at radius 1 is 1.50 bits per heavy atom. The van der Waals surface area contributed by atoms with Crippen LogP contribution in [0.4, 0.5) is 5.69 Å². The molecule has 1 aromatic carbocycles. The first kappa shape index (κ1) is 15.3. The number of thioether (sulfide) groups is 1. The number of nitrogens with two attached hydrogens (primary N) is 1. The van der Waals surface area contributed by atoms with Gasteiger partial charge in [-0.2, -0.15) is 0 Å². The Morgan fingerprint density at radius 2 is 2.22 bits per heavy atom. The molecule has 0 bridgehead atoms. The van der Waals surface area contributed by atoms with Crippen LogP contribution in [0.3, 0.4) is 0 Å². The molecule has 2 N–H and O–H groups in total. The molecule has 0 spiro atoms. The van der Waals surface area contributed by atoms with Gasteiger partial charge in [0.05, 0.1) is 6.61 Å². The molecule has 1 aromatic rings. The summed E-state index contributed by atoms with van der Waals surface area (Å²) in [6, 6.07) is 6.11. The Kier molecular flexibility index (Phi) is 6.46. The number of hydrogen-bond donors (Lipinski definition) is 1. The molecule has 18 heavy (non-hydrogen) atoms. The lowest BCUT2D eigenvalue weighted by atomic mass is 10.1. The predicted molar refractivity (Wildman–Crippen MR) is 83.9 cm³/mol. The highest BCUT2D eigenvalue weighted by atomic mass is 32.2. The van der Waals surface area contributed by atoms with Crippen LogP contribution in [0.2, 0.25) is 0 Å². The van der Waals surface area contributed by atoms with Crippen LogP contribution < -0.4 is 10.6 Å². The smallest absolute Gasteiger partial charge is 0.107 e. The van der Waals surface area contributed by atoms with Crippen molar-refractivity contribution in [3.8, 4) is 0 Å². The average Bonchev–Trinajstić information content (AvgIpc) is 2.37. The number of likely N-dealkylation sites (N-methyl/N-ethyl adjacent to an activating group) is 1. The Hall–Kier alpha value is -0.780. The van der Waals surface area contributed by atoms with Gasteiger partial charge in [0.15, 0.2) is 0 Å². The molecule has 0 radical (unpaired) electrons. The van der Waals surface area contributed by atoms with Crippen molar-refractivity contribution in [1.82, 2.24) is 0 Å². The van der Waals surface area contributed by atoms with E-state index < -0.39 is 0 Å². The predicted octanol–water partition coefficient (Wildman–Crippen LogP) is 2.52. The lowest BCUT2D eigenvalue weighted by molar-refractivity contribution is 0.154. The molecule has 5 heteroatoms. The van der Waals surface area contributed by atoms with Gasteiger partial charge < -0.3 is 15.4 Å². The maximum atomic E-state index is 5.84. The van der Waals surface area contributed by atoms with Crippen molar-refractivity contribution in [2.75, 3.05) is 38.0 Å². The van der Waals surface area contributed by atoms with E-state index >= 15 is 0 Å². The number of nitrogens with zero attached hydrogens (tertiary/aromatic N) is 1. The van der Waals surface area contributed by atoms with Crippen LogP contribution in [0.15, 0.2) is 23.1 Å². The molecule has 0 unspecified atom stereocenters. The summed E-state index contributed by atoms with van der Waals surface area (Å²) in [4.78, 5) is 3.69. The standard InChI is InChI=1S/C13H20N2OS2/c1-4-16-9-8-15(2)10-6-5-7-11(18-3)12(10)13(14)17/h5-7H,4,8-9H2,1-3H3,(H2,14,17). The van der Waals surface area contributed by atoms with Crippen LogP contribution in [0, 0.1) is 0 Å². The van der Waals surface area contributed by atoms with Crippen molar-refractivity contribution >= 4 is 34.7 Å². The van der Waals surface area contributed by atoms with Gasteiger partial charge in [-0.25, -0.2) is 0 Å². The molecule has 0 saturated carbocycles. The summed E-state index contributed by atoms with van der Waals surface area (Å²) < 4.78 is 5.37. The summed E-state index contributed by atoms with van der Waals surface area (Å²) in [5.74, 6) is 0. The van der Waals surface area contributed by atoms with Gasteiger partial charge in [-0.05, 0) is 25.3 Å². The van der Waals surface area contributed by atoms with Crippen LogP contribution in [-0.2, 0) is 4.74 Å². The fourth-order valence-electron chi connectivity index (χ4n) is 1.72. The van der Waals surface area contributed by atoms with Gasteiger partial charge in [-0.15, -0.1) is 11.8 Å². The van der Waals surface area contributed by atoms with E-state index in [2.05, 4.69) is 4.90 Å². The van der Waals surface area contributed by atoms with Gasteiger partial charge in [0, 0.05) is 36.3 Å². The number of thiocarbonyl (C=S) groups is 1. The van der Waals surface area contributed by atoms with Gasteiger partial charge in [-0.1, -0.05) is 18.3 Å². The minimum atomic E-state index is 0.443. The number of hydrogen-bond acceptors (Lipinski definition) is 4. The second-order valence-electron chi connectivity index (χ2n) is 3.84. The molecule has 0 heterocycles. The molecule has 0 atom stereocenters. The molecule has 0 aliphatic heterocycles. The summed E-state index contributed by atoms with van der Waals surface area (Å²) in [5.41, 5.74) is 7.87. The topological polar surface area (TPSA) is 38.5 Å². The molecule has 0 aromatic heterocycles. The molecule has 0 aliphatic carbocycles. The first-order valence-electron chi connectivity index (χ1n) is 5.87. The number of rotatable bonds is 7. The molecule has 0 amide bonds. The van der Waals surface area contributed by atoms with E-state index in [1.807, 2.05) is 38.4 Å². The quantitative estimate of drug-likeness (QED) is 0.473. The lowest BCUT2D eigenvalue weighted by Gasteiger charge is -2.23. The third kappa shape index (κ3) is 3.86. The molecule has 100 valence electrons. The largest absolute Gasteiger partial charge is 0.389 e. The number of benzene rings is 1. The summed E-state index contributed by atoms with van der Waals surface area (Å²) in [7, 11) is 2.03. The maximum Gasteiger partial charge on any atom is 0.107 e. The molecule has 0 aliphatic rings. The Labute approximate surface area is 119 Å². The molecule has 3 nitrogen and oxygen atoms in total. The number of ether oxygens (including phenoxy) is 1. The zero-order valence-electron chi connectivity index (χ0n) is 11.1. The monoisotopic (exact) mass is 284 g/mol. The van der Waals surface area contributed by atoms with E-state index in [4.69, 9.17) is 22.7 Å². The van der Waals surface area contributed by atoms with E-state index in [-0.39, 0.29) is 0 Å². The van der Waals surface area contributed by atoms with E-state index in [9.17, 15) is 0 Å². The van der Waals surface area contributed by atoms with Crippen molar-refractivity contribution < 1.29 is 4.74 Å². The van der Waals surface area contributed by atoms with E-state index in [0.717, 1.165) is 29.3 Å². The van der Waals surface area contributed by atoms with Crippen LogP contribution >= 0.6 is 24.0 Å². The summed E-state index contributed by atoms with van der Waals surface area (Å²) in [5, 5.41) is 0. The van der Waals surface area contributed by atoms with E-state index in [1.165, 1.54) is 0 Å². The summed E-state index contributed by atoms with van der Waals surface area (Å²) in [6.45, 7) is 4.25. The summed E-state index contributed by atoms with van der Waals surface area (Å²) >= 11 is 6.82. The van der Waals surface area contributed by atoms with Crippen molar-refractivity contribution in [3.63, 3.8) is 0 Å². The van der Waals surface area contributed by atoms with Crippen LogP contribution in [0.1, 0.15) is 12.5 Å². The fourth-order valence-corrected chi connectivity index (χ4v) is 2.63. The van der Waals surface area contributed by atoms with Gasteiger partial charge >= 0.3 is 0 Å². The molecule has 0 saturated heterocycles. The lowest BCUT2D eigenvalue weighted by Crippen LogP contribution is -2.26. The highest BCUT2D eigenvalue weighted by Crippen LogP contribution is 2.29. The highest BCUT2D eigenvalue weighted by molar-refractivity contribution is 7.98. The SMILES string of the molecule is CCOCCN(C)c1cccc(SC)c1C(N)=S. The van der Waals surface area contributed by atoms with E-state index in [1.54, 1.807) is 11.8 Å². The second kappa shape index (κ2) is 7.61. The normalized spacial score (nSPS) is 10.4. The average molecular weight is 284 g/mol. The zero-order valence-corrected chi connectivity index (χ0v) is 12.7. The third-order valence-corrected chi connectivity index (χ3v) is 3.64. The first-order chi connectivity index (χ1) is 8.61. The minimum Gasteiger partial charge on any atom is -0.389 e. The van der Waals surface area contributed by atoms with Crippen molar-refractivity contribution in [2.45, 2.75) is 11.8 Å². The van der Waals surface area contributed by atoms with Crippen molar-refractivity contribution in [1.29, 1.82) is 0 Å². The highest BCUT2D eigenvalue weighted by Gasteiger charge is 2.13. The molecular weight excluding hydrogens is 264 g/mol. The summed E-state index contributed by atoms with van der Waals surface area (Å²) in [6.07, 6.45) is 2.03. The Balaban J connectivity index is 2.96. The zero-order chi connectivity index (χ0) is 13.5. The first-order valence-corrected chi connectivity index (χ1v) is 7.50. The Morgan fingerprint density at radius 3 is 2.78 bits per heavy atom. The van der Waals surface area contributed by atoms with Gasteiger partial charge in [0.1, 0.15) is 4.99 Å². The van der Waals surface area contributed by atoms with Gasteiger partial charge in [-0.3, -0.25) is 0 Å². The second-order valence-corrected chi connectivity index (χ2v) is 5.13. The van der Waals surface area contributed by atoms with Crippen LogP contribution in [-0.4, -0.2) is 38.1 Å². The third-order valence-electron chi connectivity index (χ3n) is 2.66. The maximum absolute atomic E-state index is 5.84. The van der Waals surface area contributed by atoms with Gasteiger partial charge in [0.2, 0.25) is 0 Å².